The lowest BCUT2D eigenvalue weighted by Gasteiger charge is -2.24. The minimum absolute atomic E-state index is 0.192. The van der Waals surface area contributed by atoms with E-state index < -0.39 is 0 Å². The number of hydrogen-bond donors (Lipinski definition) is 1. The van der Waals surface area contributed by atoms with Gasteiger partial charge in [-0.05, 0) is 12.8 Å². The van der Waals surface area contributed by atoms with Crippen molar-refractivity contribution in [2.75, 3.05) is 0 Å². The number of alkyl halides is 2. The van der Waals surface area contributed by atoms with Crippen molar-refractivity contribution in [1.29, 1.82) is 0 Å². The second-order valence-electron chi connectivity index (χ2n) is 2.40. The number of carbonyl (C=O) groups is 1. The minimum Gasteiger partial charge on any atom is -0.351 e. The molecule has 0 aromatic rings. The molecule has 2 unspecified atom stereocenters. The van der Waals surface area contributed by atoms with Gasteiger partial charge in [-0.3, -0.25) is 4.79 Å². The van der Waals surface area contributed by atoms with E-state index in [1.54, 1.807) is 0 Å². The molecule has 0 aromatic carbocycles. The van der Waals surface area contributed by atoms with Gasteiger partial charge in [0, 0.05) is 6.42 Å². The maximum atomic E-state index is 10.8. The van der Waals surface area contributed by atoms with Crippen LogP contribution in [0, 0.1) is 0 Å². The van der Waals surface area contributed by atoms with Gasteiger partial charge in [0.05, 0.1) is 8.88 Å². The topological polar surface area (TPSA) is 29.1 Å². The van der Waals surface area contributed by atoms with Crippen molar-refractivity contribution in [3.8, 4) is 0 Å². The van der Waals surface area contributed by atoms with Crippen molar-refractivity contribution >= 4 is 44.4 Å². The van der Waals surface area contributed by atoms with Gasteiger partial charge in [-0.25, -0.2) is 0 Å². The van der Waals surface area contributed by atoms with E-state index in [0.29, 0.717) is 15.3 Å². The van der Waals surface area contributed by atoms with E-state index >= 15 is 0 Å². The summed E-state index contributed by atoms with van der Waals surface area (Å²) in [5, 5.41) is 2.92. The predicted molar refractivity (Wildman–Crippen MR) is 52.5 cm³/mol. The van der Waals surface area contributed by atoms with E-state index in [1.165, 1.54) is 0 Å². The van der Waals surface area contributed by atoms with Gasteiger partial charge < -0.3 is 5.32 Å². The number of nitrogens with one attached hydrogen (secondary N) is 1. The molecule has 1 aliphatic rings. The molecular formula is C6H9BrINO. The first-order chi connectivity index (χ1) is 4.70. The number of amides is 1. The largest absolute Gasteiger partial charge is 0.351 e. The van der Waals surface area contributed by atoms with Crippen LogP contribution in [0.4, 0.5) is 0 Å². The van der Waals surface area contributed by atoms with Crippen molar-refractivity contribution < 1.29 is 4.79 Å². The molecule has 2 atom stereocenters. The summed E-state index contributed by atoms with van der Waals surface area (Å²) < 4.78 is 0.370. The zero-order chi connectivity index (χ0) is 7.56. The van der Waals surface area contributed by atoms with Crippen LogP contribution in [0.15, 0.2) is 0 Å². The lowest BCUT2D eigenvalue weighted by atomic mass is 10.1. The Balaban J connectivity index is 2.39. The molecule has 1 rings (SSSR count). The molecule has 1 aliphatic heterocycles. The summed E-state index contributed by atoms with van der Waals surface area (Å²) >= 11 is 5.71. The van der Waals surface area contributed by atoms with Gasteiger partial charge in [0.15, 0.2) is 0 Å². The summed E-state index contributed by atoms with van der Waals surface area (Å²) in [6.07, 6.45) is 2.83. The monoisotopic (exact) mass is 317 g/mol. The first kappa shape index (κ1) is 8.77. The highest BCUT2D eigenvalue weighted by atomic mass is 127. The molecule has 0 bridgehead atoms. The molecule has 1 heterocycles. The van der Waals surface area contributed by atoms with E-state index in [1.807, 2.05) is 0 Å². The minimum atomic E-state index is 0.192. The molecular weight excluding hydrogens is 309 g/mol. The molecule has 1 N–H and O–H groups in total. The van der Waals surface area contributed by atoms with Crippen LogP contribution in [0.2, 0.25) is 0 Å². The molecule has 0 spiro atoms. The van der Waals surface area contributed by atoms with E-state index in [0.717, 1.165) is 12.8 Å². The molecule has 0 aliphatic carbocycles. The Morgan fingerprint density at radius 1 is 1.80 bits per heavy atom. The van der Waals surface area contributed by atoms with Crippen molar-refractivity contribution in [3.05, 3.63) is 0 Å². The lowest BCUT2D eigenvalue weighted by molar-refractivity contribution is -0.123. The Morgan fingerprint density at radius 2 is 2.50 bits per heavy atom. The first-order valence-electron chi connectivity index (χ1n) is 3.27. The van der Waals surface area contributed by atoms with Gasteiger partial charge in [0.1, 0.15) is 0 Å². The number of rotatable bonds is 1. The van der Waals surface area contributed by atoms with Crippen LogP contribution >= 0.6 is 38.5 Å². The summed E-state index contributed by atoms with van der Waals surface area (Å²) in [6.45, 7) is 0. The van der Waals surface area contributed by atoms with Gasteiger partial charge in [-0.2, -0.15) is 0 Å². The number of piperidine rings is 1. The fourth-order valence-electron chi connectivity index (χ4n) is 1.02. The molecule has 1 amide bonds. The van der Waals surface area contributed by atoms with E-state index in [9.17, 15) is 4.79 Å². The van der Waals surface area contributed by atoms with Crippen molar-refractivity contribution in [1.82, 2.24) is 5.32 Å². The average molecular weight is 318 g/mol. The third kappa shape index (κ3) is 2.38. The Kier molecular flexibility index (Phi) is 3.42. The molecule has 58 valence electrons. The van der Waals surface area contributed by atoms with Crippen LogP contribution < -0.4 is 5.32 Å². The highest BCUT2D eigenvalue weighted by molar-refractivity contribution is 14.1. The molecule has 10 heavy (non-hydrogen) atoms. The second-order valence-corrected chi connectivity index (χ2v) is 6.44. The highest BCUT2D eigenvalue weighted by Crippen LogP contribution is 2.21. The summed E-state index contributed by atoms with van der Waals surface area (Å²) in [4.78, 5) is 10.8. The first-order valence-corrected chi connectivity index (χ1v) is 5.44. The second kappa shape index (κ2) is 3.90. The third-order valence-electron chi connectivity index (χ3n) is 1.57. The SMILES string of the molecule is O=C1CCCC(C(Br)I)N1. The molecule has 0 radical (unpaired) electrons. The zero-order valence-electron chi connectivity index (χ0n) is 5.44. The van der Waals surface area contributed by atoms with E-state index in [4.69, 9.17) is 0 Å². The molecule has 4 heteroatoms. The fraction of sp³-hybridized carbons (Fsp3) is 0.833. The maximum Gasteiger partial charge on any atom is 0.220 e. The van der Waals surface area contributed by atoms with Crippen LogP contribution in [-0.4, -0.2) is 14.8 Å². The number of hydrogen-bond acceptors (Lipinski definition) is 1. The molecule has 2 nitrogen and oxygen atoms in total. The van der Waals surface area contributed by atoms with E-state index in [2.05, 4.69) is 43.8 Å². The van der Waals surface area contributed by atoms with Gasteiger partial charge in [-0.1, -0.05) is 38.5 Å². The quantitative estimate of drug-likeness (QED) is 0.580. The Labute approximate surface area is 82.4 Å². The summed E-state index contributed by atoms with van der Waals surface area (Å²) in [5.41, 5.74) is 0. The zero-order valence-corrected chi connectivity index (χ0v) is 9.18. The van der Waals surface area contributed by atoms with Crippen LogP contribution in [0.3, 0.4) is 0 Å². The average Bonchev–Trinajstić information content (AvgIpc) is 1.88. The molecule has 0 aromatic heterocycles. The maximum absolute atomic E-state index is 10.8. The Hall–Kier alpha value is 0.680. The number of carbonyl (C=O) groups excluding carboxylic acids is 1. The van der Waals surface area contributed by atoms with Crippen molar-refractivity contribution in [3.63, 3.8) is 0 Å². The lowest BCUT2D eigenvalue weighted by Crippen LogP contribution is -2.42. The fourth-order valence-corrected chi connectivity index (χ4v) is 1.96. The Bertz CT molecular complexity index is 140. The third-order valence-corrected chi connectivity index (χ3v) is 3.08. The molecule has 0 saturated carbocycles. The van der Waals surface area contributed by atoms with Crippen LogP contribution in [0.1, 0.15) is 19.3 Å². The molecule has 1 fully saturated rings. The summed E-state index contributed by atoms with van der Waals surface area (Å²) in [7, 11) is 0. The number of halogens is 2. The Morgan fingerprint density at radius 3 is 2.90 bits per heavy atom. The predicted octanol–water partition coefficient (Wildman–Crippen LogP) is 1.81. The highest BCUT2D eigenvalue weighted by Gasteiger charge is 2.22. The van der Waals surface area contributed by atoms with Gasteiger partial charge in [-0.15, -0.1) is 0 Å². The van der Waals surface area contributed by atoms with Gasteiger partial charge >= 0.3 is 0 Å². The smallest absolute Gasteiger partial charge is 0.220 e. The van der Waals surface area contributed by atoms with Crippen molar-refractivity contribution in [2.24, 2.45) is 0 Å². The van der Waals surface area contributed by atoms with Crippen molar-refractivity contribution in [2.45, 2.75) is 28.1 Å². The van der Waals surface area contributed by atoms with Gasteiger partial charge in [0.2, 0.25) is 5.91 Å². The van der Waals surface area contributed by atoms with Crippen LogP contribution in [0.5, 0.6) is 0 Å². The van der Waals surface area contributed by atoms with Gasteiger partial charge in [0.25, 0.3) is 0 Å². The normalized spacial score (nSPS) is 29.4. The van der Waals surface area contributed by atoms with Crippen LogP contribution in [-0.2, 0) is 4.79 Å². The van der Waals surface area contributed by atoms with Crippen LogP contribution in [0.25, 0.3) is 0 Å². The summed E-state index contributed by atoms with van der Waals surface area (Å²) in [5.74, 6) is 0.192. The van der Waals surface area contributed by atoms with E-state index in [-0.39, 0.29) is 5.91 Å². The molecule has 1 saturated heterocycles. The standard InChI is InChI=1S/C6H9BrINO/c7-6(8)4-2-1-3-5(10)9-4/h4,6H,1-3H2,(H,9,10). The summed E-state index contributed by atoms with van der Waals surface area (Å²) in [6, 6.07) is 0.335.